The van der Waals surface area contributed by atoms with Crippen LogP contribution in [0.5, 0.6) is 0 Å². The van der Waals surface area contributed by atoms with E-state index in [9.17, 15) is 13.2 Å². The number of carboxylic acids is 1. The van der Waals surface area contributed by atoms with Gasteiger partial charge in [-0.05, 0) is 22.9 Å². The Bertz CT molecular complexity index is 627. The zero-order valence-electron chi connectivity index (χ0n) is 10.9. The lowest BCUT2D eigenvalue weighted by Gasteiger charge is -2.36. The highest BCUT2D eigenvalue weighted by atomic mass is 79.9. The number of sulfonamides is 1. The van der Waals surface area contributed by atoms with Gasteiger partial charge in [-0.2, -0.15) is 16.1 Å². The molecular formula is C11H14BrNO5S2. The Morgan fingerprint density at radius 1 is 1.55 bits per heavy atom. The predicted molar refractivity (Wildman–Crippen MR) is 78.6 cm³/mol. The minimum atomic E-state index is -3.77. The van der Waals surface area contributed by atoms with Crippen LogP contribution in [0.1, 0.15) is 24.4 Å². The topological polar surface area (TPSA) is 87.8 Å². The van der Waals surface area contributed by atoms with Gasteiger partial charge in [-0.3, -0.25) is 0 Å². The van der Waals surface area contributed by atoms with Crippen LogP contribution < -0.4 is 0 Å². The molecule has 6 nitrogen and oxygen atoms in total. The van der Waals surface area contributed by atoms with Crippen molar-refractivity contribution in [2.75, 3.05) is 12.3 Å². The van der Waals surface area contributed by atoms with Gasteiger partial charge in [-0.1, -0.05) is 6.92 Å². The molecule has 2 rings (SSSR count). The van der Waals surface area contributed by atoms with E-state index >= 15 is 0 Å². The molecule has 112 valence electrons. The molecule has 2 heterocycles. The maximum Gasteiger partial charge on any atom is 0.371 e. The van der Waals surface area contributed by atoms with E-state index in [1.807, 2.05) is 13.8 Å². The summed E-state index contributed by atoms with van der Waals surface area (Å²) in [5.41, 5.74) is 0. The molecule has 0 aromatic carbocycles. The monoisotopic (exact) mass is 383 g/mol. The van der Waals surface area contributed by atoms with E-state index < -0.39 is 21.8 Å². The highest BCUT2D eigenvalue weighted by Gasteiger charge is 2.37. The summed E-state index contributed by atoms with van der Waals surface area (Å²) in [6, 6.07) is 0.884. The number of aromatic carboxylic acids is 1. The van der Waals surface area contributed by atoms with E-state index in [4.69, 9.17) is 9.52 Å². The second kappa shape index (κ2) is 5.70. The highest BCUT2D eigenvalue weighted by Crippen LogP contribution is 2.33. The average molecular weight is 384 g/mol. The van der Waals surface area contributed by atoms with Gasteiger partial charge < -0.3 is 9.52 Å². The zero-order chi connectivity index (χ0) is 15.1. The maximum absolute atomic E-state index is 12.6. The molecule has 0 radical (unpaired) electrons. The number of thioether (sulfide) groups is 1. The van der Waals surface area contributed by atoms with Gasteiger partial charge in [0.25, 0.3) is 0 Å². The summed E-state index contributed by atoms with van der Waals surface area (Å²) >= 11 is 4.70. The lowest BCUT2D eigenvalue weighted by Crippen LogP contribution is -2.47. The molecule has 1 aromatic rings. The van der Waals surface area contributed by atoms with Gasteiger partial charge in [0.2, 0.25) is 15.8 Å². The second-order valence-electron chi connectivity index (χ2n) is 4.49. The summed E-state index contributed by atoms with van der Waals surface area (Å²) < 4.78 is 31.5. The summed E-state index contributed by atoms with van der Waals surface area (Å²) in [5.74, 6) is -0.989. The van der Waals surface area contributed by atoms with E-state index in [-0.39, 0.29) is 20.9 Å². The number of carboxylic acid groups (broad SMARTS) is 1. The van der Waals surface area contributed by atoms with Crippen LogP contribution in [0.3, 0.4) is 0 Å². The summed E-state index contributed by atoms with van der Waals surface area (Å²) in [5, 5.41) is 9.05. The third-order valence-electron chi connectivity index (χ3n) is 3.28. The molecule has 2 atom stereocenters. The Labute approximate surface area is 129 Å². The van der Waals surface area contributed by atoms with Crippen LogP contribution in [-0.2, 0) is 10.0 Å². The molecule has 0 spiro atoms. The molecule has 0 amide bonds. The SMILES string of the molecule is CC1SCCN(S(=O)(=O)c2cc(C(=O)O)oc2Br)C1C. The van der Waals surface area contributed by atoms with Crippen LogP contribution in [0.25, 0.3) is 0 Å². The Morgan fingerprint density at radius 2 is 2.20 bits per heavy atom. The van der Waals surface area contributed by atoms with Crippen molar-refractivity contribution in [3.63, 3.8) is 0 Å². The normalized spacial score (nSPS) is 24.8. The molecule has 9 heteroatoms. The minimum Gasteiger partial charge on any atom is -0.475 e. The van der Waals surface area contributed by atoms with E-state index in [1.165, 1.54) is 4.31 Å². The Kier molecular flexibility index (Phi) is 4.53. The molecule has 0 aliphatic carbocycles. The van der Waals surface area contributed by atoms with Crippen molar-refractivity contribution in [2.24, 2.45) is 0 Å². The fourth-order valence-electron chi connectivity index (χ4n) is 2.00. The molecule has 2 unspecified atom stereocenters. The molecule has 0 saturated carbocycles. The Balaban J connectivity index is 2.42. The van der Waals surface area contributed by atoms with E-state index in [0.717, 1.165) is 6.07 Å². The summed E-state index contributed by atoms with van der Waals surface area (Å²) in [6.07, 6.45) is 0. The first-order valence-electron chi connectivity index (χ1n) is 5.91. The van der Waals surface area contributed by atoms with Crippen LogP contribution >= 0.6 is 27.7 Å². The fourth-order valence-corrected chi connectivity index (χ4v) is 5.90. The number of nitrogens with zero attached hydrogens (tertiary/aromatic N) is 1. The summed E-state index contributed by atoms with van der Waals surface area (Å²) in [6.45, 7) is 4.23. The van der Waals surface area contributed by atoms with Crippen molar-refractivity contribution in [2.45, 2.75) is 30.0 Å². The molecule has 20 heavy (non-hydrogen) atoms. The van der Waals surface area contributed by atoms with Crippen molar-refractivity contribution in [3.8, 4) is 0 Å². The van der Waals surface area contributed by atoms with Gasteiger partial charge >= 0.3 is 5.97 Å². The van der Waals surface area contributed by atoms with Gasteiger partial charge in [0.05, 0.1) is 0 Å². The molecule has 1 aliphatic rings. The van der Waals surface area contributed by atoms with Gasteiger partial charge in [0.15, 0.2) is 4.67 Å². The van der Waals surface area contributed by atoms with Gasteiger partial charge in [-0.25, -0.2) is 13.2 Å². The average Bonchev–Trinajstić information content (AvgIpc) is 2.75. The van der Waals surface area contributed by atoms with E-state index in [2.05, 4.69) is 15.9 Å². The molecular weight excluding hydrogens is 370 g/mol. The number of carbonyl (C=O) groups is 1. The van der Waals surface area contributed by atoms with E-state index in [0.29, 0.717) is 12.3 Å². The van der Waals surface area contributed by atoms with Gasteiger partial charge in [0.1, 0.15) is 4.90 Å². The third-order valence-corrected chi connectivity index (χ3v) is 7.46. The van der Waals surface area contributed by atoms with Crippen LogP contribution in [0, 0.1) is 0 Å². The number of furan rings is 1. The standard InChI is InChI=1S/C11H14BrNO5S2/c1-6-7(2)19-4-3-13(6)20(16,17)9-5-8(11(14)15)18-10(9)12/h5-7H,3-4H2,1-2H3,(H,14,15). The molecule has 1 N–H and O–H groups in total. The van der Waals surface area contributed by atoms with Crippen molar-refractivity contribution >= 4 is 43.7 Å². The fraction of sp³-hybridized carbons (Fsp3) is 0.545. The first kappa shape index (κ1) is 15.9. The van der Waals surface area contributed by atoms with Crippen molar-refractivity contribution in [1.82, 2.24) is 4.31 Å². The van der Waals surface area contributed by atoms with Crippen LogP contribution in [0.2, 0.25) is 0 Å². The Hall–Kier alpha value is -0.510. The smallest absolute Gasteiger partial charge is 0.371 e. The van der Waals surface area contributed by atoms with Gasteiger partial charge in [-0.15, -0.1) is 0 Å². The van der Waals surface area contributed by atoms with Crippen LogP contribution in [0.15, 0.2) is 20.0 Å². The predicted octanol–water partition coefficient (Wildman–Crippen LogP) is 2.25. The number of rotatable bonds is 3. The summed E-state index contributed by atoms with van der Waals surface area (Å²) in [7, 11) is -3.77. The minimum absolute atomic E-state index is 0.0759. The maximum atomic E-state index is 12.6. The molecule has 1 aromatic heterocycles. The van der Waals surface area contributed by atoms with Crippen LogP contribution in [0.4, 0.5) is 0 Å². The van der Waals surface area contributed by atoms with Crippen molar-refractivity contribution in [1.29, 1.82) is 0 Å². The number of hydrogen-bond acceptors (Lipinski definition) is 5. The lowest BCUT2D eigenvalue weighted by atomic mass is 10.2. The quantitative estimate of drug-likeness (QED) is 0.860. The summed E-state index contributed by atoms with van der Waals surface area (Å²) in [4.78, 5) is 10.7. The van der Waals surface area contributed by atoms with Gasteiger partial charge in [0, 0.05) is 29.7 Å². The molecule has 0 bridgehead atoms. The first-order chi connectivity index (χ1) is 9.25. The Morgan fingerprint density at radius 3 is 2.75 bits per heavy atom. The zero-order valence-corrected chi connectivity index (χ0v) is 14.1. The highest BCUT2D eigenvalue weighted by molar-refractivity contribution is 9.10. The second-order valence-corrected chi connectivity index (χ2v) is 8.55. The van der Waals surface area contributed by atoms with Crippen LogP contribution in [-0.4, -0.2) is 47.4 Å². The van der Waals surface area contributed by atoms with E-state index in [1.54, 1.807) is 11.8 Å². The molecule has 1 aliphatic heterocycles. The third kappa shape index (κ3) is 2.76. The van der Waals surface area contributed by atoms with Crippen molar-refractivity contribution < 1.29 is 22.7 Å². The van der Waals surface area contributed by atoms with Crippen molar-refractivity contribution in [3.05, 3.63) is 16.5 Å². The molecule has 1 fully saturated rings. The largest absolute Gasteiger partial charge is 0.475 e. The first-order valence-corrected chi connectivity index (χ1v) is 9.19. The number of hydrogen-bond donors (Lipinski definition) is 1. The molecule has 1 saturated heterocycles. The lowest BCUT2D eigenvalue weighted by molar-refractivity contribution is 0.0661. The number of halogens is 1.